The molecule has 182 valence electrons. The molecule has 3 aromatic rings. The van der Waals surface area contributed by atoms with Crippen LogP contribution in [0.4, 0.5) is 16.0 Å². The molecule has 1 saturated heterocycles. The summed E-state index contributed by atoms with van der Waals surface area (Å²) in [4.78, 5) is 40.3. The van der Waals surface area contributed by atoms with Crippen LogP contribution in [0.15, 0.2) is 48.1 Å². The van der Waals surface area contributed by atoms with Crippen molar-refractivity contribution in [3.8, 4) is 5.88 Å². The lowest BCUT2D eigenvalue weighted by molar-refractivity contribution is 0.102. The van der Waals surface area contributed by atoms with Crippen LogP contribution in [0, 0.1) is 11.7 Å². The maximum absolute atomic E-state index is 13.3. The highest BCUT2D eigenvalue weighted by Crippen LogP contribution is 2.45. The maximum Gasteiger partial charge on any atom is 0.275 e. The van der Waals surface area contributed by atoms with Gasteiger partial charge in [-0.2, -0.15) is 0 Å². The van der Waals surface area contributed by atoms with Crippen LogP contribution in [0.5, 0.6) is 5.88 Å². The van der Waals surface area contributed by atoms with Crippen LogP contribution in [-0.4, -0.2) is 61.9 Å². The number of pyridine rings is 1. The van der Waals surface area contributed by atoms with Crippen molar-refractivity contribution >= 4 is 46.9 Å². The molecule has 2 atom stereocenters. The number of amidine groups is 1. The molecular formula is C21H21ClFN9O2S. The number of carbonyl (C=O) groups is 1. The number of nitrogens with one attached hydrogen (secondary N) is 1. The third-order valence-corrected chi connectivity index (χ3v) is 6.67. The highest BCUT2D eigenvalue weighted by Gasteiger charge is 2.51. The van der Waals surface area contributed by atoms with Gasteiger partial charge in [-0.1, -0.05) is 11.8 Å². The summed E-state index contributed by atoms with van der Waals surface area (Å²) in [5.74, 6) is 0.596. The molecule has 0 aliphatic carbocycles. The van der Waals surface area contributed by atoms with Gasteiger partial charge in [0.05, 0.1) is 44.1 Å². The number of thioether (sulfide) groups is 1. The van der Waals surface area contributed by atoms with Crippen LogP contribution in [0.2, 0.25) is 0 Å². The Balaban J connectivity index is 0.00000289. The highest BCUT2D eigenvalue weighted by atomic mass is 35.5. The van der Waals surface area contributed by atoms with E-state index in [1.54, 1.807) is 18.3 Å². The quantitative estimate of drug-likeness (QED) is 0.514. The van der Waals surface area contributed by atoms with Gasteiger partial charge in [0.1, 0.15) is 11.2 Å². The van der Waals surface area contributed by atoms with Gasteiger partial charge < -0.3 is 20.7 Å². The molecule has 5 rings (SSSR count). The zero-order valence-corrected chi connectivity index (χ0v) is 20.1. The number of nitrogens with zero attached hydrogens (tertiary/aromatic N) is 7. The van der Waals surface area contributed by atoms with Gasteiger partial charge in [0.2, 0.25) is 11.8 Å². The second kappa shape index (κ2) is 9.96. The number of ether oxygens (including phenoxy) is 1. The number of methoxy groups -OCH3 is 1. The molecule has 0 aromatic carbocycles. The van der Waals surface area contributed by atoms with Crippen molar-refractivity contribution in [2.75, 3.05) is 36.2 Å². The third kappa shape index (κ3) is 4.82. The third-order valence-electron chi connectivity index (χ3n) is 5.71. The molecule has 1 fully saturated rings. The van der Waals surface area contributed by atoms with E-state index in [-0.39, 0.29) is 24.0 Å². The smallest absolute Gasteiger partial charge is 0.275 e. The van der Waals surface area contributed by atoms with E-state index in [4.69, 9.17) is 15.5 Å². The van der Waals surface area contributed by atoms with Gasteiger partial charge in [-0.15, -0.1) is 12.4 Å². The predicted molar refractivity (Wildman–Crippen MR) is 131 cm³/mol. The van der Waals surface area contributed by atoms with Crippen LogP contribution in [0.25, 0.3) is 0 Å². The van der Waals surface area contributed by atoms with E-state index in [0.29, 0.717) is 41.5 Å². The van der Waals surface area contributed by atoms with Crippen LogP contribution >= 0.6 is 24.2 Å². The number of hydrogen-bond donors (Lipinski definition) is 2. The minimum absolute atomic E-state index is 0. The Kier molecular flexibility index (Phi) is 6.98. The number of halogens is 2. The molecule has 3 N–H and O–H groups in total. The van der Waals surface area contributed by atoms with Crippen molar-refractivity contribution in [1.82, 2.24) is 24.9 Å². The Labute approximate surface area is 210 Å². The molecule has 0 bridgehead atoms. The predicted octanol–water partition coefficient (Wildman–Crippen LogP) is 1.88. The average molecular weight is 518 g/mol. The van der Waals surface area contributed by atoms with Crippen molar-refractivity contribution in [3.63, 3.8) is 0 Å². The Morgan fingerprint density at radius 3 is 2.74 bits per heavy atom. The van der Waals surface area contributed by atoms with E-state index in [1.807, 2.05) is 4.90 Å². The molecule has 0 radical (unpaired) electrons. The lowest BCUT2D eigenvalue weighted by Crippen LogP contribution is -2.40. The van der Waals surface area contributed by atoms with E-state index in [9.17, 15) is 9.18 Å². The number of fused-ring (bicyclic) bond motifs is 1. The first-order valence-corrected chi connectivity index (χ1v) is 11.3. The fraction of sp³-hybridized carbons (Fsp3) is 0.286. The first-order valence-electron chi connectivity index (χ1n) is 10.3. The van der Waals surface area contributed by atoms with E-state index in [0.717, 1.165) is 18.1 Å². The van der Waals surface area contributed by atoms with Crippen molar-refractivity contribution in [3.05, 3.63) is 60.3 Å². The maximum atomic E-state index is 13.3. The van der Waals surface area contributed by atoms with Crippen LogP contribution < -0.4 is 20.7 Å². The monoisotopic (exact) mass is 517 g/mol. The van der Waals surface area contributed by atoms with Gasteiger partial charge >= 0.3 is 0 Å². The van der Waals surface area contributed by atoms with Crippen molar-refractivity contribution in [2.24, 2.45) is 16.6 Å². The van der Waals surface area contributed by atoms with Gasteiger partial charge in [0.15, 0.2) is 11.0 Å². The molecule has 0 saturated carbocycles. The SMILES string of the molecule is COc1cnc(C(=O)Nc2ccnc(C34CN(c5ncc(F)cn5)CC3CSC(N)=N4)c2)cn1.Cl. The lowest BCUT2D eigenvalue weighted by Gasteiger charge is -2.33. The molecule has 14 heteroatoms. The second-order valence-corrected chi connectivity index (χ2v) is 8.83. The van der Waals surface area contributed by atoms with Crippen molar-refractivity contribution < 1.29 is 13.9 Å². The number of hydrogen-bond acceptors (Lipinski definition) is 11. The fourth-order valence-electron chi connectivity index (χ4n) is 4.08. The summed E-state index contributed by atoms with van der Waals surface area (Å²) in [6.45, 7) is 1.02. The summed E-state index contributed by atoms with van der Waals surface area (Å²) in [7, 11) is 1.47. The second-order valence-electron chi connectivity index (χ2n) is 7.79. The van der Waals surface area contributed by atoms with E-state index in [2.05, 4.69) is 30.2 Å². The number of amides is 1. The molecule has 35 heavy (non-hydrogen) atoms. The number of aromatic nitrogens is 5. The van der Waals surface area contributed by atoms with Gasteiger partial charge in [-0.25, -0.2) is 29.3 Å². The molecule has 0 spiro atoms. The molecule has 3 aromatic heterocycles. The zero-order chi connectivity index (χ0) is 23.7. The topological polar surface area (TPSA) is 144 Å². The van der Waals surface area contributed by atoms with Gasteiger partial charge in [0.25, 0.3) is 5.91 Å². The summed E-state index contributed by atoms with van der Waals surface area (Å²) in [6, 6.07) is 3.47. The minimum atomic E-state index is -0.756. The normalized spacial score (nSPS) is 20.9. The van der Waals surface area contributed by atoms with Gasteiger partial charge in [-0.05, 0) is 12.1 Å². The van der Waals surface area contributed by atoms with Crippen LogP contribution in [0.3, 0.4) is 0 Å². The number of rotatable bonds is 5. The Bertz CT molecular complexity index is 1250. The highest BCUT2D eigenvalue weighted by molar-refractivity contribution is 8.13. The first kappa shape index (κ1) is 24.5. The summed E-state index contributed by atoms with van der Waals surface area (Å²) in [5.41, 5.74) is 6.70. The Hall–Kier alpha value is -3.58. The molecule has 2 unspecified atom stereocenters. The molecule has 5 heterocycles. The van der Waals surface area contributed by atoms with Crippen LogP contribution in [0.1, 0.15) is 16.2 Å². The summed E-state index contributed by atoms with van der Waals surface area (Å²) in [5, 5.41) is 3.29. The summed E-state index contributed by atoms with van der Waals surface area (Å²) >= 11 is 1.48. The zero-order valence-electron chi connectivity index (χ0n) is 18.5. The number of anilines is 2. The number of nitrogens with two attached hydrogens (primary N) is 1. The molecule has 1 amide bonds. The summed E-state index contributed by atoms with van der Waals surface area (Å²) < 4.78 is 18.3. The summed E-state index contributed by atoms with van der Waals surface area (Å²) in [6.07, 6.45) is 6.60. The Morgan fingerprint density at radius 1 is 1.23 bits per heavy atom. The first-order chi connectivity index (χ1) is 16.5. The molecule has 11 nitrogen and oxygen atoms in total. The number of aliphatic imine (C=N–C) groups is 1. The van der Waals surface area contributed by atoms with Gasteiger partial charge in [0, 0.05) is 30.1 Å². The van der Waals surface area contributed by atoms with E-state index < -0.39 is 17.3 Å². The molecule has 2 aliphatic heterocycles. The van der Waals surface area contributed by atoms with Crippen molar-refractivity contribution in [2.45, 2.75) is 5.54 Å². The lowest BCUT2D eigenvalue weighted by atomic mass is 9.85. The van der Waals surface area contributed by atoms with Crippen LogP contribution in [-0.2, 0) is 5.54 Å². The largest absolute Gasteiger partial charge is 0.480 e. The number of carbonyl (C=O) groups excluding carboxylic acids is 1. The van der Waals surface area contributed by atoms with Gasteiger partial charge in [-0.3, -0.25) is 9.78 Å². The Morgan fingerprint density at radius 2 is 2.03 bits per heavy atom. The molecular weight excluding hydrogens is 497 g/mol. The molecule has 2 aliphatic rings. The van der Waals surface area contributed by atoms with Crippen molar-refractivity contribution in [1.29, 1.82) is 0 Å². The standard InChI is InChI=1S/C21H20FN9O2S.ClH/c1-33-17-8-25-15(7-26-17)18(32)29-14-2-3-24-16(4-14)21-11-31(20-27-5-13(22)6-28-20)9-12(21)10-34-19(23)30-21;/h2-8,12H,9-11H2,1H3,(H2,23,30)(H,24,29,32);1H. The van der Waals surface area contributed by atoms with E-state index in [1.165, 1.54) is 31.3 Å². The minimum Gasteiger partial charge on any atom is -0.480 e. The van der Waals surface area contributed by atoms with E-state index >= 15 is 0 Å². The fourth-order valence-corrected chi connectivity index (χ4v) is 5.06. The average Bonchev–Trinajstić information content (AvgIpc) is 3.24.